The van der Waals surface area contributed by atoms with Crippen molar-refractivity contribution < 1.29 is 0 Å². The number of rotatable bonds is 0. The van der Waals surface area contributed by atoms with E-state index in [1.54, 1.807) is 12.4 Å². The van der Waals surface area contributed by atoms with Crippen LogP contribution in [0.15, 0.2) is 24.5 Å². The Labute approximate surface area is 183 Å². The highest BCUT2D eigenvalue weighted by Gasteiger charge is 2.06. The molecule has 1 saturated carbocycles. The zero-order valence-electron chi connectivity index (χ0n) is 19.3. The first kappa shape index (κ1) is 28.1. The molecule has 0 spiro atoms. The highest BCUT2D eigenvalue weighted by Crippen LogP contribution is 2.22. The Kier molecular flexibility index (Phi) is 18.4. The van der Waals surface area contributed by atoms with Crippen molar-refractivity contribution in [2.75, 3.05) is 40.3 Å². The van der Waals surface area contributed by atoms with E-state index in [0.717, 1.165) is 5.92 Å². The third-order valence-corrected chi connectivity index (χ3v) is 5.90. The number of hydrogen-bond acceptors (Lipinski definition) is 3. The second-order valence-electron chi connectivity index (χ2n) is 9.00. The molecule has 3 heterocycles. The largest absolute Gasteiger partial charge is 0.306 e. The summed E-state index contributed by atoms with van der Waals surface area (Å²) in [7, 11) is 4.39. The average Bonchev–Trinajstić information content (AvgIpc) is 2.72. The minimum absolute atomic E-state index is 0. The van der Waals surface area contributed by atoms with Gasteiger partial charge in [-0.05, 0) is 96.5 Å². The molecule has 29 heavy (non-hydrogen) atoms. The Morgan fingerprint density at radius 2 is 1.07 bits per heavy atom. The molecule has 3 aliphatic rings. The van der Waals surface area contributed by atoms with Gasteiger partial charge in [0.15, 0.2) is 0 Å². The van der Waals surface area contributed by atoms with Gasteiger partial charge < -0.3 is 9.80 Å². The van der Waals surface area contributed by atoms with E-state index in [9.17, 15) is 0 Å². The van der Waals surface area contributed by atoms with Crippen LogP contribution in [0.4, 0.5) is 0 Å². The maximum absolute atomic E-state index is 3.85. The van der Waals surface area contributed by atoms with Crippen LogP contribution < -0.4 is 0 Å². The van der Waals surface area contributed by atoms with Crippen molar-refractivity contribution in [1.82, 2.24) is 14.8 Å². The van der Waals surface area contributed by atoms with Gasteiger partial charge in [-0.25, -0.2) is 0 Å². The summed E-state index contributed by atoms with van der Waals surface area (Å²) in [5.74, 6) is 1.04. The Morgan fingerprint density at radius 1 is 0.690 bits per heavy atom. The van der Waals surface area contributed by atoms with Crippen LogP contribution in [0.3, 0.4) is 0 Å². The molecule has 0 atom stereocenters. The topological polar surface area (TPSA) is 19.4 Å². The number of nitrogens with zero attached hydrogens (tertiary/aromatic N) is 3. The predicted molar refractivity (Wildman–Crippen MR) is 131 cm³/mol. The van der Waals surface area contributed by atoms with Gasteiger partial charge in [0.25, 0.3) is 0 Å². The van der Waals surface area contributed by atoms with Gasteiger partial charge in [0.2, 0.25) is 0 Å². The summed E-state index contributed by atoms with van der Waals surface area (Å²) in [5.41, 5.74) is 1.26. The van der Waals surface area contributed by atoms with Crippen LogP contribution in [0, 0.1) is 12.8 Å². The van der Waals surface area contributed by atoms with Gasteiger partial charge in [-0.1, -0.05) is 59.3 Å². The van der Waals surface area contributed by atoms with Crippen LogP contribution in [0.2, 0.25) is 0 Å². The third kappa shape index (κ3) is 17.6. The van der Waals surface area contributed by atoms with E-state index in [-0.39, 0.29) is 7.43 Å². The number of pyridine rings is 1. The number of likely N-dealkylation sites (tertiary alicyclic amines) is 2. The molecule has 0 bridgehead atoms. The van der Waals surface area contributed by atoms with Gasteiger partial charge >= 0.3 is 0 Å². The van der Waals surface area contributed by atoms with Gasteiger partial charge in [0.1, 0.15) is 0 Å². The summed E-state index contributed by atoms with van der Waals surface area (Å²) in [5, 5.41) is 0. The van der Waals surface area contributed by atoms with E-state index >= 15 is 0 Å². The average molecular weight is 406 g/mol. The van der Waals surface area contributed by atoms with E-state index in [2.05, 4.69) is 35.8 Å². The quantitative estimate of drug-likeness (QED) is 0.472. The van der Waals surface area contributed by atoms with E-state index in [1.807, 2.05) is 19.1 Å². The summed E-state index contributed by atoms with van der Waals surface area (Å²) >= 11 is 0. The minimum Gasteiger partial charge on any atom is -0.306 e. The smallest absolute Gasteiger partial charge is 0.0270 e. The molecule has 2 saturated heterocycles. The second kappa shape index (κ2) is 19.1. The summed E-state index contributed by atoms with van der Waals surface area (Å²) < 4.78 is 0. The normalized spacial score (nSPS) is 20.4. The van der Waals surface area contributed by atoms with Crippen molar-refractivity contribution in [3.63, 3.8) is 0 Å². The fourth-order valence-electron chi connectivity index (χ4n) is 3.84. The summed E-state index contributed by atoms with van der Waals surface area (Å²) in [6.07, 6.45) is 19.6. The molecule has 1 aliphatic carbocycles. The minimum atomic E-state index is 0. The summed E-state index contributed by atoms with van der Waals surface area (Å²) in [4.78, 5) is 8.63. The van der Waals surface area contributed by atoms with Crippen LogP contribution in [-0.4, -0.2) is 55.1 Å². The molecule has 4 rings (SSSR count). The van der Waals surface area contributed by atoms with E-state index in [1.165, 1.54) is 102 Å². The molecule has 1 aromatic rings. The monoisotopic (exact) mass is 405 g/mol. The van der Waals surface area contributed by atoms with E-state index in [0.29, 0.717) is 0 Å². The van der Waals surface area contributed by atoms with Crippen molar-refractivity contribution in [2.45, 2.75) is 91.9 Å². The molecular formula is C26H51N3. The van der Waals surface area contributed by atoms with Crippen molar-refractivity contribution in [1.29, 1.82) is 0 Å². The van der Waals surface area contributed by atoms with Gasteiger partial charge in [-0.3, -0.25) is 4.98 Å². The van der Waals surface area contributed by atoms with Gasteiger partial charge in [0, 0.05) is 12.4 Å². The maximum atomic E-state index is 3.85. The zero-order chi connectivity index (χ0) is 20.5. The van der Waals surface area contributed by atoms with Crippen LogP contribution in [-0.2, 0) is 0 Å². The summed E-state index contributed by atoms with van der Waals surface area (Å²) in [6, 6.07) is 3.94. The lowest BCUT2D eigenvalue weighted by Crippen LogP contribution is -2.24. The Morgan fingerprint density at radius 3 is 1.28 bits per heavy atom. The SMILES string of the molecule is C.CC1CCCCC1.CN1CCCCC1.CN1CCCCC1.Cc1ccncc1. The van der Waals surface area contributed by atoms with Crippen LogP contribution in [0.5, 0.6) is 0 Å². The second-order valence-corrected chi connectivity index (χ2v) is 9.00. The molecule has 2 aliphatic heterocycles. The zero-order valence-corrected chi connectivity index (χ0v) is 19.3. The van der Waals surface area contributed by atoms with Gasteiger partial charge in [0.05, 0.1) is 0 Å². The standard InChI is InChI=1S/C7H14.C6H7N.2C6H13N.CH4/c1-7-5-3-2-4-6-7;1-6-2-4-7-5-3-6;2*1-7-5-3-2-4-6-7;/h7H,2-6H2,1H3;2-5H,1H3;2*2-6H2,1H3;1H4. The van der Waals surface area contributed by atoms with Crippen molar-refractivity contribution in [3.8, 4) is 0 Å². The molecule has 3 heteroatoms. The van der Waals surface area contributed by atoms with Gasteiger partial charge in [-0.2, -0.15) is 0 Å². The molecule has 0 unspecified atom stereocenters. The van der Waals surface area contributed by atoms with Crippen LogP contribution in [0.25, 0.3) is 0 Å². The van der Waals surface area contributed by atoms with Crippen molar-refractivity contribution in [2.24, 2.45) is 5.92 Å². The molecule has 0 amide bonds. The molecule has 3 fully saturated rings. The first-order valence-electron chi connectivity index (χ1n) is 11.8. The fourth-order valence-corrected chi connectivity index (χ4v) is 3.84. The lowest BCUT2D eigenvalue weighted by atomic mass is 9.91. The summed E-state index contributed by atoms with van der Waals surface area (Å²) in [6.45, 7) is 9.68. The van der Waals surface area contributed by atoms with Crippen molar-refractivity contribution in [3.05, 3.63) is 30.1 Å². The number of aromatic nitrogens is 1. The maximum Gasteiger partial charge on any atom is 0.0270 e. The fraction of sp³-hybridized carbons (Fsp3) is 0.808. The molecule has 1 aromatic heterocycles. The number of piperidine rings is 2. The molecule has 170 valence electrons. The van der Waals surface area contributed by atoms with Crippen LogP contribution in [0.1, 0.15) is 90.5 Å². The molecular weight excluding hydrogens is 354 g/mol. The highest BCUT2D eigenvalue weighted by atomic mass is 15.1. The lowest BCUT2D eigenvalue weighted by Gasteiger charge is -2.20. The molecule has 0 N–H and O–H groups in total. The predicted octanol–water partition coefficient (Wildman–Crippen LogP) is 6.82. The molecule has 3 nitrogen and oxygen atoms in total. The Hall–Kier alpha value is -0.930. The highest BCUT2D eigenvalue weighted by molar-refractivity contribution is 5.05. The first-order valence-corrected chi connectivity index (χ1v) is 11.8. The molecule has 0 aromatic carbocycles. The third-order valence-electron chi connectivity index (χ3n) is 5.90. The number of aryl methyl sites for hydroxylation is 1. The van der Waals surface area contributed by atoms with E-state index < -0.39 is 0 Å². The first-order chi connectivity index (χ1) is 13.6. The Balaban J connectivity index is 0.000000356. The van der Waals surface area contributed by atoms with Crippen molar-refractivity contribution >= 4 is 0 Å². The van der Waals surface area contributed by atoms with Gasteiger partial charge in [-0.15, -0.1) is 0 Å². The Bertz CT molecular complexity index is 392. The lowest BCUT2D eigenvalue weighted by molar-refractivity contribution is 0.277. The van der Waals surface area contributed by atoms with E-state index in [4.69, 9.17) is 0 Å². The molecule has 0 radical (unpaired) electrons. The number of hydrogen-bond donors (Lipinski definition) is 0. The van der Waals surface area contributed by atoms with Crippen LogP contribution >= 0.6 is 0 Å².